The summed E-state index contributed by atoms with van der Waals surface area (Å²) in [6.45, 7) is 4.30. The second-order valence-corrected chi connectivity index (χ2v) is 4.83. The monoisotopic (exact) mass is 213 g/mol. The molecule has 1 rings (SSSR count). The maximum absolute atomic E-state index is 5.24. The fourth-order valence-electron chi connectivity index (χ4n) is 2.17. The van der Waals surface area contributed by atoms with Crippen molar-refractivity contribution in [1.82, 2.24) is 5.32 Å². The first kappa shape index (κ1) is 13.0. The lowest BCUT2D eigenvalue weighted by Gasteiger charge is -2.26. The van der Waals surface area contributed by atoms with Crippen molar-refractivity contribution in [2.45, 2.75) is 57.9 Å². The van der Waals surface area contributed by atoms with E-state index in [9.17, 15) is 0 Å². The van der Waals surface area contributed by atoms with Crippen LogP contribution in [0.1, 0.15) is 51.9 Å². The summed E-state index contributed by atoms with van der Waals surface area (Å²) in [7, 11) is 1.80. The van der Waals surface area contributed by atoms with Gasteiger partial charge in [-0.3, -0.25) is 0 Å². The lowest BCUT2D eigenvalue weighted by Crippen LogP contribution is -2.35. The summed E-state index contributed by atoms with van der Waals surface area (Å²) in [4.78, 5) is 0. The molecule has 0 aliphatic heterocycles. The molecule has 1 fully saturated rings. The minimum absolute atomic E-state index is 0.579. The van der Waals surface area contributed by atoms with E-state index in [0.717, 1.165) is 12.5 Å². The molecular formula is C13H27NO. The van der Waals surface area contributed by atoms with Crippen LogP contribution in [-0.4, -0.2) is 26.3 Å². The Bertz CT molecular complexity index is 145. The van der Waals surface area contributed by atoms with Gasteiger partial charge < -0.3 is 10.1 Å². The second-order valence-electron chi connectivity index (χ2n) is 4.83. The quantitative estimate of drug-likeness (QED) is 0.636. The van der Waals surface area contributed by atoms with Crippen LogP contribution in [0.4, 0.5) is 0 Å². The summed E-state index contributed by atoms with van der Waals surface area (Å²) in [5.74, 6) is 1.02. The Morgan fingerprint density at radius 3 is 2.73 bits per heavy atom. The Morgan fingerprint density at radius 2 is 2.20 bits per heavy atom. The molecular weight excluding hydrogens is 186 g/mol. The normalized spacial score (nSPS) is 18.8. The summed E-state index contributed by atoms with van der Waals surface area (Å²) in [6.07, 6.45) is 9.61. The van der Waals surface area contributed by atoms with E-state index in [1.54, 1.807) is 7.11 Å². The highest BCUT2D eigenvalue weighted by molar-refractivity contribution is 4.72. The third-order valence-electron chi connectivity index (χ3n) is 3.48. The molecule has 90 valence electrons. The Labute approximate surface area is 94.8 Å². The molecule has 1 N–H and O–H groups in total. The van der Waals surface area contributed by atoms with Gasteiger partial charge in [0, 0.05) is 13.2 Å². The third kappa shape index (κ3) is 5.53. The number of nitrogens with one attached hydrogen (secondary N) is 1. The molecule has 0 aromatic heterocycles. The smallest absolute Gasteiger partial charge is 0.0615 e. The van der Waals surface area contributed by atoms with E-state index in [1.807, 2.05) is 0 Å². The van der Waals surface area contributed by atoms with Gasteiger partial charge in [0.05, 0.1) is 6.61 Å². The number of ether oxygens (including phenoxy) is 1. The van der Waals surface area contributed by atoms with Gasteiger partial charge in [0.1, 0.15) is 0 Å². The number of hydrogen-bond acceptors (Lipinski definition) is 2. The van der Waals surface area contributed by atoms with Gasteiger partial charge in [-0.25, -0.2) is 0 Å². The summed E-state index contributed by atoms with van der Waals surface area (Å²) >= 11 is 0. The molecule has 1 aliphatic rings. The van der Waals surface area contributed by atoms with E-state index in [2.05, 4.69) is 12.2 Å². The zero-order valence-corrected chi connectivity index (χ0v) is 10.4. The number of unbranched alkanes of at least 4 members (excludes halogenated alkanes) is 1. The fraction of sp³-hybridized carbons (Fsp3) is 1.00. The first-order valence-corrected chi connectivity index (χ1v) is 6.59. The van der Waals surface area contributed by atoms with Crippen molar-refractivity contribution in [2.75, 3.05) is 20.3 Å². The van der Waals surface area contributed by atoms with Gasteiger partial charge >= 0.3 is 0 Å². The number of methoxy groups -OCH3 is 1. The van der Waals surface area contributed by atoms with E-state index < -0.39 is 0 Å². The van der Waals surface area contributed by atoms with Gasteiger partial charge in [0.2, 0.25) is 0 Å². The standard InChI is InChI=1S/C13H27NO/c1-3-4-8-13(11-15-2)14-10-9-12-6-5-7-12/h12-14H,3-11H2,1-2H3. The molecule has 1 aliphatic carbocycles. The second kappa shape index (κ2) is 8.12. The Hall–Kier alpha value is -0.0800. The maximum atomic E-state index is 5.24. The summed E-state index contributed by atoms with van der Waals surface area (Å²) in [5.41, 5.74) is 0. The zero-order chi connectivity index (χ0) is 10.9. The first-order chi connectivity index (χ1) is 7.36. The minimum Gasteiger partial charge on any atom is -0.383 e. The van der Waals surface area contributed by atoms with Crippen LogP contribution in [0.25, 0.3) is 0 Å². The molecule has 1 saturated carbocycles. The van der Waals surface area contributed by atoms with Gasteiger partial charge in [-0.15, -0.1) is 0 Å². The Balaban J connectivity index is 2.01. The molecule has 1 atom stereocenters. The molecule has 0 aromatic carbocycles. The van der Waals surface area contributed by atoms with E-state index in [1.165, 1.54) is 51.5 Å². The molecule has 0 heterocycles. The molecule has 0 amide bonds. The van der Waals surface area contributed by atoms with Gasteiger partial charge in [-0.05, 0) is 25.3 Å². The van der Waals surface area contributed by atoms with E-state index in [0.29, 0.717) is 6.04 Å². The predicted molar refractivity (Wildman–Crippen MR) is 65.1 cm³/mol. The van der Waals surface area contributed by atoms with Gasteiger partial charge in [0.25, 0.3) is 0 Å². The summed E-state index contributed by atoms with van der Waals surface area (Å²) in [5, 5.41) is 3.63. The molecule has 15 heavy (non-hydrogen) atoms. The van der Waals surface area contributed by atoms with Crippen LogP contribution in [0.15, 0.2) is 0 Å². The van der Waals surface area contributed by atoms with E-state index >= 15 is 0 Å². The van der Waals surface area contributed by atoms with E-state index in [-0.39, 0.29) is 0 Å². The molecule has 1 unspecified atom stereocenters. The SMILES string of the molecule is CCCCC(COC)NCCC1CCC1. The van der Waals surface area contributed by atoms with Crippen molar-refractivity contribution in [1.29, 1.82) is 0 Å². The van der Waals surface area contributed by atoms with Crippen LogP contribution >= 0.6 is 0 Å². The van der Waals surface area contributed by atoms with Crippen LogP contribution < -0.4 is 5.32 Å². The van der Waals surface area contributed by atoms with Crippen LogP contribution in [-0.2, 0) is 4.74 Å². The van der Waals surface area contributed by atoms with Crippen LogP contribution in [0.2, 0.25) is 0 Å². The molecule has 0 aromatic rings. The van der Waals surface area contributed by atoms with Crippen LogP contribution in [0, 0.1) is 5.92 Å². The van der Waals surface area contributed by atoms with Crippen LogP contribution in [0.5, 0.6) is 0 Å². The van der Waals surface area contributed by atoms with E-state index in [4.69, 9.17) is 4.74 Å². The van der Waals surface area contributed by atoms with Crippen molar-refractivity contribution in [3.63, 3.8) is 0 Å². The number of rotatable bonds is 9. The molecule has 0 saturated heterocycles. The van der Waals surface area contributed by atoms with Crippen molar-refractivity contribution < 1.29 is 4.74 Å². The Kier molecular flexibility index (Phi) is 7.03. The predicted octanol–water partition coefficient (Wildman–Crippen LogP) is 2.97. The van der Waals surface area contributed by atoms with Crippen molar-refractivity contribution in [2.24, 2.45) is 5.92 Å². The summed E-state index contributed by atoms with van der Waals surface area (Å²) < 4.78 is 5.24. The Morgan fingerprint density at radius 1 is 1.40 bits per heavy atom. The van der Waals surface area contributed by atoms with Gasteiger partial charge in [0.15, 0.2) is 0 Å². The molecule has 0 radical (unpaired) electrons. The lowest BCUT2D eigenvalue weighted by molar-refractivity contribution is 0.158. The summed E-state index contributed by atoms with van der Waals surface area (Å²) in [6, 6.07) is 0.579. The minimum atomic E-state index is 0.579. The molecule has 2 nitrogen and oxygen atoms in total. The largest absolute Gasteiger partial charge is 0.383 e. The molecule has 0 bridgehead atoms. The van der Waals surface area contributed by atoms with Crippen LogP contribution in [0.3, 0.4) is 0 Å². The fourth-order valence-corrected chi connectivity index (χ4v) is 2.17. The average molecular weight is 213 g/mol. The van der Waals surface area contributed by atoms with Crippen molar-refractivity contribution in [3.05, 3.63) is 0 Å². The highest BCUT2D eigenvalue weighted by atomic mass is 16.5. The molecule has 0 spiro atoms. The highest BCUT2D eigenvalue weighted by Gasteiger charge is 2.17. The topological polar surface area (TPSA) is 21.3 Å². The van der Waals surface area contributed by atoms with Crippen molar-refractivity contribution >= 4 is 0 Å². The van der Waals surface area contributed by atoms with Gasteiger partial charge in [-0.1, -0.05) is 39.0 Å². The zero-order valence-electron chi connectivity index (χ0n) is 10.4. The number of hydrogen-bond donors (Lipinski definition) is 1. The lowest BCUT2D eigenvalue weighted by atomic mass is 9.83. The van der Waals surface area contributed by atoms with Crippen molar-refractivity contribution in [3.8, 4) is 0 Å². The maximum Gasteiger partial charge on any atom is 0.0615 e. The molecule has 2 heteroatoms. The van der Waals surface area contributed by atoms with Gasteiger partial charge in [-0.2, -0.15) is 0 Å². The first-order valence-electron chi connectivity index (χ1n) is 6.59. The third-order valence-corrected chi connectivity index (χ3v) is 3.48. The average Bonchev–Trinajstić information content (AvgIpc) is 2.18. The highest BCUT2D eigenvalue weighted by Crippen LogP contribution is 2.28.